The molecule has 6 rings (SSSR count). The smallest absolute Gasteiger partial charge is 0.266 e. The van der Waals surface area contributed by atoms with Crippen LogP contribution in [0.4, 0.5) is 5.69 Å². The van der Waals surface area contributed by atoms with E-state index in [1.54, 1.807) is 14.2 Å². The van der Waals surface area contributed by atoms with E-state index in [2.05, 4.69) is 108 Å². The number of thiazole rings is 1. The second kappa shape index (κ2) is 11.6. The van der Waals surface area contributed by atoms with E-state index in [1.807, 2.05) is 23.1 Å². The molecule has 2 heterocycles. The Hall–Kier alpha value is -3.48. The highest BCUT2D eigenvalue weighted by molar-refractivity contribution is 8.03. The SMILES string of the molecule is CCN1C(=CC2=CC(=Cc3sc4cccc(OC)c4[n+]3CC)CC(c3ccccc3)C2)Sc2cccc(OC)c21. The maximum absolute atomic E-state index is 5.73. The molecule has 0 N–H and O–H groups in total. The van der Waals surface area contributed by atoms with Crippen molar-refractivity contribution < 1.29 is 14.0 Å². The summed E-state index contributed by atoms with van der Waals surface area (Å²) >= 11 is 3.68. The Morgan fingerprint density at radius 2 is 1.68 bits per heavy atom. The number of para-hydroxylation sites is 2. The molecule has 204 valence electrons. The van der Waals surface area contributed by atoms with E-state index in [1.165, 1.54) is 47.5 Å². The summed E-state index contributed by atoms with van der Waals surface area (Å²) in [6, 6.07) is 23.6. The van der Waals surface area contributed by atoms with E-state index in [4.69, 9.17) is 9.47 Å². The molecule has 4 nitrogen and oxygen atoms in total. The summed E-state index contributed by atoms with van der Waals surface area (Å²) in [6.07, 6.45) is 9.26. The third kappa shape index (κ3) is 4.95. The molecule has 1 aliphatic heterocycles. The molecule has 0 fully saturated rings. The van der Waals surface area contributed by atoms with Gasteiger partial charge in [0.2, 0.25) is 0 Å². The molecule has 0 amide bonds. The number of ether oxygens (including phenoxy) is 2. The summed E-state index contributed by atoms with van der Waals surface area (Å²) in [6.45, 7) is 6.21. The van der Waals surface area contributed by atoms with Gasteiger partial charge in [0.1, 0.15) is 17.0 Å². The lowest BCUT2D eigenvalue weighted by Gasteiger charge is -2.25. The minimum absolute atomic E-state index is 0.432. The number of nitrogens with zero attached hydrogens (tertiary/aromatic N) is 2. The number of methoxy groups -OCH3 is 2. The molecule has 0 spiro atoms. The molecule has 0 saturated heterocycles. The number of allylic oxidation sites excluding steroid dienone is 4. The second-order valence-electron chi connectivity index (χ2n) is 10.1. The summed E-state index contributed by atoms with van der Waals surface area (Å²) in [5.74, 6) is 2.29. The fraction of sp³-hybridized carbons (Fsp3) is 0.265. The van der Waals surface area contributed by atoms with Gasteiger partial charge in [-0.25, -0.2) is 0 Å². The largest absolute Gasteiger partial charge is 0.495 e. The van der Waals surface area contributed by atoms with Crippen LogP contribution in [-0.4, -0.2) is 20.8 Å². The average molecular weight is 568 g/mol. The first-order chi connectivity index (χ1) is 19.6. The highest BCUT2D eigenvalue weighted by atomic mass is 32.2. The van der Waals surface area contributed by atoms with Gasteiger partial charge in [0.15, 0.2) is 5.75 Å². The highest BCUT2D eigenvalue weighted by Gasteiger charge is 2.29. The zero-order valence-corrected chi connectivity index (χ0v) is 25.1. The van der Waals surface area contributed by atoms with Gasteiger partial charge >= 0.3 is 0 Å². The molecule has 6 heteroatoms. The average Bonchev–Trinajstić information content (AvgIpc) is 3.53. The van der Waals surface area contributed by atoms with Gasteiger partial charge in [0.05, 0.1) is 24.9 Å². The number of aromatic nitrogens is 1. The van der Waals surface area contributed by atoms with Gasteiger partial charge in [-0.1, -0.05) is 71.6 Å². The molecule has 0 bridgehead atoms. The topological polar surface area (TPSA) is 25.6 Å². The summed E-state index contributed by atoms with van der Waals surface area (Å²) < 4.78 is 15.1. The van der Waals surface area contributed by atoms with Crippen molar-refractivity contribution in [3.05, 3.63) is 106 Å². The minimum atomic E-state index is 0.432. The number of thioether (sulfide) groups is 1. The third-order valence-electron chi connectivity index (χ3n) is 7.72. The standard InChI is InChI=1S/C34H35N2O2S2/c1-5-35-31(39-29-16-10-14-27(37-3)33(29)35)21-23-18-24(20-26(19-23)25-12-8-7-9-13-25)22-32-36(6-2)34-28(38-4)15-11-17-30(34)40-32/h7-18,21-22,26H,5-6,19-20H2,1-4H3/q+1. The molecular formula is C34H35N2O2S2+. The molecule has 1 unspecified atom stereocenters. The van der Waals surface area contributed by atoms with Crippen molar-refractivity contribution in [1.82, 2.24) is 0 Å². The van der Waals surface area contributed by atoms with Gasteiger partial charge in [0.25, 0.3) is 10.5 Å². The first-order valence-corrected chi connectivity index (χ1v) is 15.6. The molecule has 1 atom stereocenters. The van der Waals surface area contributed by atoms with Gasteiger partial charge in [0, 0.05) is 17.5 Å². The van der Waals surface area contributed by atoms with Crippen LogP contribution in [-0.2, 0) is 6.54 Å². The number of benzene rings is 3. The Kier molecular flexibility index (Phi) is 7.72. The Labute approximate surface area is 245 Å². The van der Waals surface area contributed by atoms with Crippen LogP contribution in [0.1, 0.15) is 43.2 Å². The van der Waals surface area contributed by atoms with Crippen molar-refractivity contribution >= 4 is 45.1 Å². The molecule has 4 aromatic rings. The van der Waals surface area contributed by atoms with Gasteiger partial charge in [-0.2, -0.15) is 4.57 Å². The Balaban J connectivity index is 1.43. The Morgan fingerprint density at radius 3 is 2.42 bits per heavy atom. The number of aryl methyl sites for hydroxylation is 1. The molecule has 2 aliphatic rings. The van der Waals surface area contributed by atoms with Crippen LogP contribution in [0.3, 0.4) is 0 Å². The fourth-order valence-corrected chi connectivity index (χ4v) is 8.35. The predicted molar refractivity (Wildman–Crippen MR) is 169 cm³/mol. The molecule has 40 heavy (non-hydrogen) atoms. The Bertz CT molecular complexity index is 1630. The van der Waals surface area contributed by atoms with Crippen LogP contribution in [0.2, 0.25) is 0 Å². The van der Waals surface area contributed by atoms with Gasteiger partial charge in [-0.05, 0) is 79.7 Å². The van der Waals surface area contributed by atoms with Gasteiger partial charge in [-0.15, -0.1) is 0 Å². The molecular weight excluding hydrogens is 533 g/mol. The van der Waals surface area contributed by atoms with Crippen LogP contribution in [0, 0.1) is 0 Å². The van der Waals surface area contributed by atoms with E-state index in [0.29, 0.717) is 5.92 Å². The van der Waals surface area contributed by atoms with E-state index in [0.717, 1.165) is 37.4 Å². The van der Waals surface area contributed by atoms with Crippen molar-refractivity contribution in [3.63, 3.8) is 0 Å². The maximum Gasteiger partial charge on any atom is 0.266 e. The van der Waals surface area contributed by atoms with Crippen molar-refractivity contribution in [1.29, 1.82) is 0 Å². The lowest BCUT2D eigenvalue weighted by Crippen LogP contribution is -2.33. The molecule has 0 saturated carbocycles. The minimum Gasteiger partial charge on any atom is -0.495 e. The fourth-order valence-electron chi connectivity index (χ4n) is 5.91. The number of fused-ring (bicyclic) bond motifs is 2. The summed E-state index contributed by atoms with van der Waals surface area (Å²) in [4.78, 5) is 3.64. The quantitative estimate of drug-likeness (QED) is 0.209. The molecule has 3 aromatic carbocycles. The first-order valence-electron chi connectivity index (χ1n) is 13.9. The van der Waals surface area contributed by atoms with Gasteiger partial charge in [-0.3, -0.25) is 0 Å². The predicted octanol–water partition coefficient (Wildman–Crippen LogP) is 8.59. The number of rotatable bonds is 7. The molecule has 0 radical (unpaired) electrons. The Morgan fingerprint density at radius 1 is 0.900 bits per heavy atom. The number of hydrogen-bond donors (Lipinski definition) is 0. The summed E-state index contributed by atoms with van der Waals surface area (Å²) in [5, 5.41) is 2.52. The molecule has 1 aliphatic carbocycles. The lowest BCUT2D eigenvalue weighted by atomic mass is 9.81. The normalized spacial score (nSPS) is 18.9. The maximum atomic E-state index is 5.73. The first kappa shape index (κ1) is 26.7. The highest BCUT2D eigenvalue weighted by Crippen LogP contribution is 2.51. The monoisotopic (exact) mass is 567 g/mol. The number of anilines is 1. The van der Waals surface area contributed by atoms with Crippen molar-refractivity contribution in [2.75, 3.05) is 25.7 Å². The van der Waals surface area contributed by atoms with E-state index >= 15 is 0 Å². The van der Waals surface area contributed by atoms with Crippen LogP contribution < -0.4 is 18.9 Å². The van der Waals surface area contributed by atoms with Gasteiger partial charge < -0.3 is 14.4 Å². The van der Waals surface area contributed by atoms with Crippen LogP contribution >= 0.6 is 23.1 Å². The number of hydrogen-bond acceptors (Lipinski definition) is 5. The zero-order chi connectivity index (χ0) is 27.6. The van der Waals surface area contributed by atoms with Crippen molar-refractivity contribution in [3.8, 4) is 11.5 Å². The molecule has 1 aromatic heterocycles. The van der Waals surface area contributed by atoms with Crippen LogP contribution in [0.15, 0.2) is 100.0 Å². The summed E-state index contributed by atoms with van der Waals surface area (Å²) in [7, 11) is 3.51. The zero-order valence-electron chi connectivity index (χ0n) is 23.5. The van der Waals surface area contributed by atoms with E-state index in [-0.39, 0.29) is 0 Å². The van der Waals surface area contributed by atoms with E-state index in [9.17, 15) is 0 Å². The summed E-state index contributed by atoms with van der Waals surface area (Å²) in [5.41, 5.74) is 6.48. The van der Waals surface area contributed by atoms with E-state index < -0.39 is 0 Å². The third-order valence-corrected chi connectivity index (χ3v) is 9.91. The lowest BCUT2D eigenvalue weighted by molar-refractivity contribution is -0.665. The van der Waals surface area contributed by atoms with Crippen molar-refractivity contribution in [2.24, 2.45) is 0 Å². The second-order valence-corrected chi connectivity index (χ2v) is 12.2. The van der Waals surface area contributed by atoms with Crippen LogP contribution in [0.25, 0.3) is 16.3 Å². The van der Waals surface area contributed by atoms with Crippen molar-refractivity contribution in [2.45, 2.75) is 44.0 Å². The van der Waals surface area contributed by atoms with Crippen LogP contribution in [0.5, 0.6) is 11.5 Å².